The number of methoxy groups -OCH3 is 1. The summed E-state index contributed by atoms with van der Waals surface area (Å²) in [6.07, 6.45) is 7.59. The van der Waals surface area contributed by atoms with Crippen LogP contribution >= 0.6 is 0 Å². The van der Waals surface area contributed by atoms with Gasteiger partial charge in [-0.15, -0.1) is 0 Å². The van der Waals surface area contributed by atoms with Crippen LogP contribution in [0.25, 0.3) is 0 Å². The molecule has 0 aliphatic heterocycles. The van der Waals surface area contributed by atoms with Crippen LogP contribution in [0.15, 0.2) is 0 Å². The van der Waals surface area contributed by atoms with E-state index in [1.165, 1.54) is 38.5 Å². The molecule has 3 unspecified atom stereocenters. The van der Waals surface area contributed by atoms with Crippen LogP contribution in [-0.2, 0) is 4.74 Å². The minimum absolute atomic E-state index is 0.0725. The van der Waals surface area contributed by atoms with Gasteiger partial charge in [-0.05, 0) is 31.7 Å². The molecule has 17 heavy (non-hydrogen) atoms. The molecule has 0 bridgehead atoms. The molecule has 0 amide bonds. The number of hydrogen-bond donors (Lipinski definition) is 1. The van der Waals surface area contributed by atoms with Crippen LogP contribution in [0.3, 0.4) is 0 Å². The summed E-state index contributed by atoms with van der Waals surface area (Å²) in [6, 6.07) is 0.505. The number of hydrogen-bond acceptors (Lipinski definition) is 2. The molecule has 0 radical (unpaired) electrons. The lowest BCUT2D eigenvalue weighted by molar-refractivity contribution is -0.0916. The molecule has 0 aromatic rings. The minimum Gasteiger partial charge on any atom is -0.377 e. The third-order valence-corrected chi connectivity index (χ3v) is 4.80. The van der Waals surface area contributed by atoms with E-state index < -0.39 is 0 Å². The van der Waals surface area contributed by atoms with Gasteiger partial charge < -0.3 is 10.1 Å². The van der Waals surface area contributed by atoms with Gasteiger partial charge in [0, 0.05) is 13.2 Å². The zero-order chi connectivity index (χ0) is 12.9. The maximum atomic E-state index is 6.02. The van der Waals surface area contributed by atoms with Gasteiger partial charge in [0.2, 0.25) is 0 Å². The average molecular weight is 241 g/mol. The Morgan fingerprint density at radius 1 is 1.35 bits per heavy atom. The molecule has 0 aromatic heterocycles. The molecule has 0 heterocycles. The Morgan fingerprint density at radius 2 is 2.00 bits per heavy atom. The molecular formula is C15H31NO. The highest BCUT2D eigenvalue weighted by atomic mass is 16.5. The second-order valence-corrected chi connectivity index (χ2v) is 5.81. The monoisotopic (exact) mass is 241 g/mol. The maximum absolute atomic E-state index is 6.02. The Bertz CT molecular complexity index is 215. The predicted octanol–water partition coefficient (Wildman–Crippen LogP) is 3.61. The molecule has 1 rings (SSSR count). The fourth-order valence-electron chi connectivity index (χ4n) is 3.83. The maximum Gasteiger partial charge on any atom is 0.0836 e. The van der Waals surface area contributed by atoms with Crippen LogP contribution < -0.4 is 5.32 Å². The predicted molar refractivity (Wildman–Crippen MR) is 74.3 cm³/mol. The standard InChI is InChI=1S/C15H31NO/c1-6-13(7-2)14(16-4)15(17-5)10-8-9-12(3)11-15/h12-14,16H,6-11H2,1-5H3. The highest BCUT2D eigenvalue weighted by molar-refractivity contribution is 4.98. The van der Waals surface area contributed by atoms with Crippen molar-refractivity contribution < 1.29 is 4.74 Å². The molecule has 0 saturated heterocycles. The Balaban J connectivity index is 2.87. The van der Waals surface area contributed by atoms with E-state index >= 15 is 0 Å². The summed E-state index contributed by atoms with van der Waals surface area (Å²) in [6.45, 7) is 6.97. The van der Waals surface area contributed by atoms with E-state index in [-0.39, 0.29) is 5.60 Å². The molecule has 1 saturated carbocycles. The first-order valence-corrected chi connectivity index (χ1v) is 7.35. The average Bonchev–Trinajstić information content (AvgIpc) is 2.35. The van der Waals surface area contributed by atoms with Crippen LogP contribution in [0.1, 0.15) is 59.3 Å². The summed E-state index contributed by atoms with van der Waals surface area (Å²) in [5.74, 6) is 1.53. The molecule has 0 spiro atoms. The summed E-state index contributed by atoms with van der Waals surface area (Å²) in [5, 5.41) is 3.56. The van der Waals surface area contributed by atoms with Gasteiger partial charge in [0.05, 0.1) is 5.60 Å². The van der Waals surface area contributed by atoms with Gasteiger partial charge in [-0.3, -0.25) is 0 Å². The first kappa shape index (κ1) is 15.0. The third kappa shape index (κ3) is 3.23. The molecule has 3 atom stereocenters. The van der Waals surface area contributed by atoms with Crippen molar-refractivity contribution in [2.75, 3.05) is 14.2 Å². The molecule has 1 N–H and O–H groups in total. The van der Waals surface area contributed by atoms with Crippen molar-refractivity contribution in [2.24, 2.45) is 11.8 Å². The van der Waals surface area contributed by atoms with Gasteiger partial charge in [0.1, 0.15) is 0 Å². The third-order valence-electron chi connectivity index (χ3n) is 4.80. The molecule has 1 aliphatic carbocycles. The van der Waals surface area contributed by atoms with Gasteiger partial charge in [-0.1, -0.05) is 46.5 Å². The lowest BCUT2D eigenvalue weighted by atomic mass is 9.70. The van der Waals surface area contributed by atoms with E-state index in [9.17, 15) is 0 Å². The normalized spacial score (nSPS) is 31.8. The molecule has 0 aromatic carbocycles. The highest BCUT2D eigenvalue weighted by Gasteiger charge is 2.43. The summed E-state index contributed by atoms with van der Waals surface area (Å²) in [5.41, 5.74) is 0.0725. The molecule has 2 heteroatoms. The summed E-state index contributed by atoms with van der Waals surface area (Å²) >= 11 is 0. The largest absolute Gasteiger partial charge is 0.377 e. The van der Waals surface area contributed by atoms with E-state index in [4.69, 9.17) is 4.74 Å². The molecular weight excluding hydrogens is 210 g/mol. The van der Waals surface area contributed by atoms with Crippen LogP contribution in [0.4, 0.5) is 0 Å². The molecule has 1 fully saturated rings. The smallest absolute Gasteiger partial charge is 0.0836 e. The molecule has 2 nitrogen and oxygen atoms in total. The van der Waals surface area contributed by atoms with Crippen molar-refractivity contribution >= 4 is 0 Å². The van der Waals surface area contributed by atoms with Crippen LogP contribution in [-0.4, -0.2) is 25.8 Å². The summed E-state index contributed by atoms with van der Waals surface area (Å²) in [7, 11) is 4.01. The van der Waals surface area contributed by atoms with Crippen molar-refractivity contribution in [3.05, 3.63) is 0 Å². The topological polar surface area (TPSA) is 21.3 Å². The molecule has 102 valence electrons. The van der Waals surface area contributed by atoms with E-state index in [2.05, 4.69) is 33.1 Å². The lowest BCUT2D eigenvalue weighted by Crippen LogP contribution is -2.56. The van der Waals surface area contributed by atoms with Crippen molar-refractivity contribution in [3.8, 4) is 0 Å². The van der Waals surface area contributed by atoms with Crippen molar-refractivity contribution in [1.29, 1.82) is 0 Å². The van der Waals surface area contributed by atoms with E-state index in [1.54, 1.807) is 0 Å². The fourth-order valence-corrected chi connectivity index (χ4v) is 3.83. The van der Waals surface area contributed by atoms with Crippen molar-refractivity contribution in [1.82, 2.24) is 5.32 Å². The first-order valence-electron chi connectivity index (χ1n) is 7.35. The quantitative estimate of drug-likeness (QED) is 0.767. The highest BCUT2D eigenvalue weighted by Crippen LogP contribution is 2.40. The molecule has 1 aliphatic rings. The zero-order valence-electron chi connectivity index (χ0n) is 12.4. The van der Waals surface area contributed by atoms with Gasteiger partial charge >= 0.3 is 0 Å². The zero-order valence-corrected chi connectivity index (χ0v) is 12.4. The minimum atomic E-state index is 0.0725. The van der Waals surface area contributed by atoms with Gasteiger partial charge in [0.25, 0.3) is 0 Å². The number of nitrogens with one attached hydrogen (secondary N) is 1. The lowest BCUT2D eigenvalue weighted by Gasteiger charge is -2.47. The van der Waals surface area contributed by atoms with Crippen molar-refractivity contribution in [3.63, 3.8) is 0 Å². The number of rotatable bonds is 6. The first-order chi connectivity index (χ1) is 8.13. The summed E-state index contributed by atoms with van der Waals surface area (Å²) in [4.78, 5) is 0. The van der Waals surface area contributed by atoms with Gasteiger partial charge in [0.15, 0.2) is 0 Å². The van der Waals surface area contributed by atoms with Crippen molar-refractivity contribution in [2.45, 2.75) is 70.9 Å². The van der Waals surface area contributed by atoms with Crippen LogP contribution in [0.5, 0.6) is 0 Å². The fraction of sp³-hybridized carbons (Fsp3) is 1.00. The Morgan fingerprint density at radius 3 is 2.41 bits per heavy atom. The number of ether oxygens (including phenoxy) is 1. The second-order valence-electron chi connectivity index (χ2n) is 5.81. The SMILES string of the molecule is CCC(CC)C(NC)C1(OC)CCCC(C)C1. The van der Waals surface area contributed by atoms with Crippen LogP contribution in [0, 0.1) is 11.8 Å². The van der Waals surface area contributed by atoms with Gasteiger partial charge in [-0.25, -0.2) is 0 Å². The van der Waals surface area contributed by atoms with E-state index in [1.807, 2.05) is 7.11 Å². The van der Waals surface area contributed by atoms with Gasteiger partial charge in [-0.2, -0.15) is 0 Å². The Labute approximate surface area is 108 Å². The Hall–Kier alpha value is -0.0800. The summed E-state index contributed by atoms with van der Waals surface area (Å²) < 4.78 is 6.02. The number of likely N-dealkylation sites (N-methyl/N-ethyl adjacent to an activating group) is 1. The second kappa shape index (κ2) is 6.75. The Kier molecular flexibility index (Phi) is 5.94. The van der Waals surface area contributed by atoms with Crippen LogP contribution in [0.2, 0.25) is 0 Å². The van der Waals surface area contributed by atoms with E-state index in [0.717, 1.165) is 11.8 Å². The van der Waals surface area contributed by atoms with E-state index in [0.29, 0.717) is 6.04 Å².